The summed E-state index contributed by atoms with van der Waals surface area (Å²) in [4.78, 5) is 0. The molecule has 94 valence electrons. The van der Waals surface area contributed by atoms with E-state index in [0.29, 0.717) is 6.07 Å². The Labute approximate surface area is 93.6 Å². The van der Waals surface area contributed by atoms with Crippen LogP contribution in [-0.2, 0) is 12.1 Å². The van der Waals surface area contributed by atoms with Crippen molar-refractivity contribution in [1.29, 1.82) is 0 Å². The summed E-state index contributed by atoms with van der Waals surface area (Å²) in [6.07, 6.45) is -4.65. The number of hydrogen-bond acceptors (Lipinski definition) is 2. The molecule has 1 aromatic carbocycles. The van der Waals surface area contributed by atoms with Crippen LogP contribution in [0, 0.1) is 0 Å². The van der Waals surface area contributed by atoms with E-state index in [1.165, 1.54) is 0 Å². The molecule has 1 aromatic rings. The molecule has 2 rings (SSSR count). The van der Waals surface area contributed by atoms with E-state index in [1.807, 2.05) is 0 Å². The maximum absolute atomic E-state index is 13.6. The molecule has 17 heavy (non-hydrogen) atoms. The second-order valence-corrected chi connectivity index (χ2v) is 3.87. The van der Waals surface area contributed by atoms with E-state index < -0.39 is 29.3 Å². The average molecular weight is 252 g/mol. The Morgan fingerprint density at radius 2 is 1.94 bits per heavy atom. The van der Waals surface area contributed by atoms with Gasteiger partial charge in [0.05, 0.1) is 11.6 Å². The fourth-order valence-corrected chi connectivity index (χ4v) is 1.70. The lowest BCUT2D eigenvalue weighted by molar-refractivity contribution is -0.137. The van der Waals surface area contributed by atoms with Crippen LogP contribution in [0.25, 0.3) is 0 Å². The van der Waals surface area contributed by atoms with E-state index in [1.54, 1.807) is 0 Å². The third-order valence-electron chi connectivity index (χ3n) is 2.68. The maximum Gasteiger partial charge on any atom is 0.416 e. The molecular weight excluding hydrogens is 243 g/mol. The highest BCUT2D eigenvalue weighted by molar-refractivity contribution is 5.58. The number of nitrogens with one attached hydrogen (secondary N) is 1. The lowest BCUT2D eigenvalue weighted by Gasteiger charge is -2.32. The average Bonchev–Trinajstić information content (AvgIpc) is 2.22. The molecule has 0 amide bonds. The second-order valence-electron chi connectivity index (χ2n) is 3.87. The van der Waals surface area contributed by atoms with Crippen LogP contribution >= 0.6 is 0 Å². The van der Waals surface area contributed by atoms with Crippen molar-refractivity contribution in [3.8, 4) is 0 Å². The first-order valence-corrected chi connectivity index (χ1v) is 4.82. The van der Waals surface area contributed by atoms with Gasteiger partial charge in [-0.25, -0.2) is 0 Å². The van der Waals surface area contributed by atoms with Crippen molar-refractivity contribution in [1.82, 2.24) is 0 Å². The van der Waals surface area contributed by atoms with Crippen LogP contribution in [-0.4, -0.2) is 12.6 Å². The zero-order chi connectivity index (χ0) is 12.8. The Morgan fingerprint density at radius 1 is 1.29 bits per heavy atom. The van der Waals surface area contributed by atoms with Gasteiger partial charge in [0, 0.05) is 17.8 Å². The minimum Gasteiger partial charge on any atom is -0.383 e. The first-order valence-electron chi connectivity index (χ1n) is 4.82. The molecule has 0 aliphatic carbocycles. The van der Waals surface area contributed by atoms with Crippen molar-refractivity contribution < 1.29 is 22.0 Å². The minimum atomic E-state index is -4.65. The molecule has 0 spiro atoms. The molecule has 0 fully saturated rings. The fourth-order valence-electron chi connectivity index (χ4n) is 1.70. The van der Waals surface area contributed by atoms with Gasteiger partial charge in [-0.3, -0.25) is 0 Å². The smallest absolute Gasteiger partial charge is 0.383 e. The molecule has 0 saturated heterocycles. The topological polar surface area (TPSA) is 38.0 Å². The molecule has 7 heteroatoms. The van der Waals surface area contributed by atoms with Crippen LogP contribution in [0.5, 0.6) is 0 Å². The van der Waals surface area contributed by atoms with E-state index in [9.17, 15) is 22.0 Å². The standard InChI is InChI=1S/C10H9F5N2/c11-9(12)6-3-5(10(13,14)15)1-2-7(6)17-4-8(9)16/h1-3,8,17H,4,16H2. The Bertz CT molecular complexity index is 441. The molecule has 0 aromatic heterocycles. The largest absolute Gasteiger partial charge is 0.416 e. The van der Waals surface area contributed by atoms with Gasteiger partial charge in [0.25, 0.3) is 5.92 Å². The number of alkyl halides is 5. The number of nitrogens with two attached hydrogens (primary N) is 1. The Balaban J connectivity index is 2.54. The first-order chi connectivity index (χ1) is 7.73. The molecule has 1 heterocycles. The van der Waals surface area contributed by atoms with Crippen molar-refractivity contribution >= 4 is 5.69 Å². The van der Waals surface area contributed by atoms with Gasteiger partial charge in [0.2, 0.25) is 0 Å². The molecule has 1 aliphatic rings. The molecule has 1 unspecified atom stereocenters. The quantitative estimate of drug-likeness (QED) is 0.696. The monoisotopic (exact) mass is 252 g/mol. The molecular formula is C10H9F5N2. The normalized spacial score (nSPS) is 22.8. The molecule has 0 radical (unpaired) electrons. The second kappa shape index (κ2) is 3.56. The fraction of sp³-hybridized carbons (Fsp3) is 0.400. The third kappa shape index (κ3) is 1.95. The van der Waals surface area contributed by atoms with Gasteiger partial charge >= 0.3 is 6.18 Å². The van der Waals surface area contributed by atoms with E-state index in [2.05, 4.69) is 5.32 Å². The van der Waals surface area contributed by atoms with Crippen molar-refractivity contribution in [3.63, 3.8) is 0 Å². The Kier molecular flexibility index (Phi) is 2.53. The van der Waals surface area contributed by atoms with Crippen LogP contribution in [0.15, 0.2) is 18.2 Å². The predicted molar refractivity (Wildman–Crippen MR) is 51.8 cm³/mol. The summed E-state index contributed by atoms with van der Waals surface area (Å²) in [7, 11) is 0. The van der Waals surface area contributed by atoms with Crippen molar-refractivity contribution in [3.05, 3.63) is 29.3 Å². The summed E-state index contributed by atoms with van der Waals surface area (Å²) >= 11 is 0. The third-order valence-corrected chi connectivity index (χ3v) is 2.68. The van der Waals surface area contributed by atoms with E-state index in [0.717, 1.165) is 12.1 Å². The summed E-state index contributed by atoms with van der Waals surface area (Å²) in [5, 5.41) is 2.57. The lowest BCUT2D eigenvalue weighted by Crippen LogP contribution is -2.47. The van der Waals surface area contributed by atoms with Crippen molar-refractivity contribution in [2.45, 2.75) is 18.1 Å². The number of halogens is 5. The van der Waals surface area contributed by atoms with Gasteiger partial charge in [-0.2, -0.15) is 22.0 Å². The maximum atomic E-state index is 13.6. The zero-order valence-corrected chi connectivity index (χ0v) is 8.48. The molecule has 1 aliphatic heterocycles. The van der Waals surface area contributed by atoms with Crippen LogP contribution in [0.4, 0.5) is 27.6 Å². The Morgan fingerprint density at radius 3 is 2.53 bits per heavy atom. The van der Waals surface area contributed by atoms with Gasteiger partial charge in [0.1, 0.15) is 0 Å². The molecule has 1 atom stereocenters. The predicted octanol–water partition coefficient (Wildman–Crippen LogP) is 2.55. The molecule has 2 nitrogen and oxygen atoms in total. The van der Waals surface area contributed by atoms with Crippen LogP contribution < -0.4 is 11.1 Å². The number of anilines is 1. The van der Waals surface area contributed by atoms with E-state index in [-0.39, 0.29) is 12.2 Å². The van der Waals surface area contributed by atoms with Gasteiger partial charge < -0.3 is 11.1 Å². The number of hydrogen-bond donors (Lipinski definition) is 2. The van der Waals surface area contributed by atoms with Crippen LogP contribution in [0.3, 0.4) is 0 Å². The molecule has 3 N–H and O–H groups in total. The highest BCUT2D eigenvalue weighted by Gasteiger charge is 2.45. The number of fused-ring (bicyclic) bond motifs is 1. The molecule has 0 bridgehead atoms. The van der Waals surface area contributed by atoms with Gasteiger partial charge in [-0.05, 0) is 18.2 Å². The number of rotatable bonds is 0. The summed E-state index contributed by atoms with van der Waals surface area (Å²) < 4.78 is 64.5. The first kappa shape index (κ1) is 12.1. The van der Waals surface area contributed by atoms with Crippen LogP contribution in [0.2, 0.25) is 0 Å². The van der Waals surface area contributed by atoms with E-state index in [4.69, 9.17) is 5.73 Å². The molecule has 0 saturated carbocycles. The number of benzene rings is 1. The summed E-state index contributed by atoms with van der Waals surface area (Å²) in [5.74, 6) is -3.46. The van der Waals surface area contributed by atoms with Gasteiger partial charge in [0.15, 0.2) is 0 Å². The zero-order valence-electron chi connectivity index (χ0n) is 8.48. The highest BCUT2D eigenvalue weighted by Crippen LogP contribution is 2.42. The minimum absolute atomic E-state index is 0.00954. The van der Waals surface area contributed by atoms with E-state index >= 15 is 0 Å². The highest BCUT2D eigenvalue weighted by atomic mass is 19.4. The lowest BCUT2D eigenvalue weighted by atomic mass is 9.94. The SMILES string of the molecule is NC1CNc2ccc(C(F)(F)F)cc2C1(F)F. The Hall–Kier alpha value is -1.37. The van der Waals surface area contributed by atoms with Crippen molar-refractivity contribution in [2.75, 3.05) is 11.9 Å². The van der Waals surface area contributed by atoms with Gasteiger partial charge in [-0.1, -0.05) is 0 Å². The van der Waals surface area contributed by atoms with Gasteiger partial charge in [-0.15, -0.1) is 0 Å². The van der Waals surface area contributed by atoms with Crippen LogP contribution in [0.1, 0.15) is 11.1 Å². The summed E-state index contributed by atoms with van der Waals surface area (Å²) in [5.41, 5.74) is 3.38. The summed E-state index contributed by atoms with van der Waals surface area (Å²) in [6, 6.07) is 0.677. The summed E-state index contributed by atoms with van der Waals surface area (Å²) in [6.45, 7) is -0.175. The van der Waals surface area contributed by atoms with Crippen molar-refractivity contribution in [2.24, 2.45) is 5.73 Å².